The van der Waals surface area contributed by atoms with Crippen molar-refractivity contribution in [1.29, 1.82) is 0 Å². The third kappa shape index (κ3) is 3.85. The summed E-state index contributed by atoms with van der Waals surface area (Å²) >= 11 is 0. The maximum absolute atomic E-state index is 13.4. The lowest BCUT2D eigenvalue weighted by atomic mass is 10.0. The number of amides is 1. The van der Waals surface area contributed by atoms with E-state index in [9.17, 15) is 9.59 Å². The van der Waals surface area contributed by atoms with E-state index in [4.69, 9.17) is 4.74 Å². The fourth-order valence-electron chi connectivity index (χ4n) is 3.65. The van der Waals surface area contributed by atoms with E-state index in [0.29, 0.717) is 28.0 Å². The molecule has 0 unspecified atom stereocenters. The average Bonchev–Trinajstić information content (AvgIpc) is 2.83. The first kappa shape index (κ1) is 20.2. The maximum atomic E-state index is 13.4. The number of fused-ring (bicyclic) bond motifs is 1. The maximum Gasteiger partial charge on any atom is 0.251 e. The lowest BCUT2D eigenvalue weighted by Gasteiger charge is -2.21. The summed E-state index contributed by atoms with van der Waals surface area (Å²) < 4.78 is 7.42. The Hall–Kier alpha value is -4.12. The summed E-state index contributed by atoms with van der Waals surface area (Å²) in [6.07, 6.45) is 0. The fourth-order valence-corrected chi connectivity index (χ4v) is 3.65. The highest BCUT2D eigenvalue weighted by molar-refractivity contribution is 5.94. The zero-order valence-electron chi connectivity index (χ0n) is 17.2. The molecule has 0 radical (unpaired) electrons. The quantitative estimate of drug-likeness (QED) is 0.475. The molecule has 3 aromatic carbocycles. The van der Waals surface area contributed by atoms with Crippen LogP contribution in [0.1, 0.15) is 21.6 Å². The molecule has 0 fully saturated rings. The van der Waals surface area contributed by atoms with Gasteiger partial charge in [0.1, 0.15) is 5.76 Å². The normalized spacial score (nSPS) is 10.6. The van der Waals surface area contributed by atoms with Gasteiger partial charge >= 0.3 is 0 Å². The first-order valence-corrected chi connectivity index (χ1v) is 9.90. The zero-order chi connectivity index (χ0) is 21.8. The zero-order valence-corrected chi connectivity index (χ0v) is 17.2. The third-order valence-corrected chi connectivity index (χ3v) is 5.16. The Labute approximate surface area is 180 Å². The number of nitrogens with zero attached hydrogens (tertiary/aromatic N) is 1. The van der Waals surface area contributed by atoms with E-state index in [1.807, 2.05) is 59.2 Å². The number of pyridine rings is 1. The van der Waals surface area contributed by atoms with E-state index < -0.39 is 0 Å². The molecule has 0 spiro atoms. The Balaban J connectivity index is 1.92. The number of hydrogen-bond donors (Lipinski definition) is 1. The molecule has 154 valence electrons. The predicted molar refractivity (Wildman–Crippen MR) is 123 cm³/mol. The second kappa shape index (κ2) is 8.71. The van der Waals surface area contributed by atoms with Crippen molar-refractivity contribution < 1.29 is 9.53 Å². The molecule has 0 aliphatic heterocycles. The smallest absolute Gasteiger partial charge is 0.251 e. The topological polar surface area (TPSA) is 60.3 Å². The number of aromatic nitrogens is 1. The molecule has 0 saturated heterocycles. The van der Waals surface area contributed by atoms with Gasteiger partial charge in [0.05, 0.1) is 18.3 Å². The van der Waals surface area contributed by atoms with Crippen molar-refractivity contribution >= 4 is 22.6 Å². The lowest BCUT2D eigenvalue weighted by molar-refractivity contribution is 0.0950. The lowest BCUT2D eigenvalue weighted by Crippen LogP contribution is -2.29. The van der Waals surface area contributed by atoms with Gasteiger partial charge in [-0.2, -0.15) is 0 Å². The Morgan fingerprint density at radius 1 is 0.935 bits per heavy atom. The summed E-state index contributed by atoms with van der Waals surface area (Å²) in [5, 5.41) is 3.43. The molecule has 0 bridgehead atoms. The van der Waals surface area contributed by atoms with Crippen molar-refractivity contribution in [3.8, 4) is 5.69 Å². The molecule has 4 aromatic rings. The summed E-state index contributed by atoms with van der Waals surface area (Å²) in [4.78, 5) is 26.1. The van der Waals surface area contributed by atoms with Crippen molar-refractivity contribution in [1.82, 2.24) is 9.88 Å². The molecule has 1 heterocycles. The van der Waals surface area contributed by atoms with Gasteiger partial charge in [-0.3, -0.25) is 9.59 Å². The molecule has 1 aromatic heterocycles. The number of carbonyl (C=O) groups is 1. The van der Waals surface area contributed by atoms with E-state index >= 15 is 0 Å². The minimum absolute atomic E-state index is 0.0436. The van der Waals surface area contributed by atoms with Crippen LogP contribution in [0.4, 0.5) is 0 Å². The second-order valence-corrected chi connectivity index (χ2v) is 7.02. The minimum Gasteiger partial charge on any atom is -0.495 e. The number of carbonyl (C=O) groups excluding carboxylic acids is 1. The Morgan fingerprint density at radius 2 is 1.55 bits per heavy atom. The first-order chi connectivity index (χ1) is 15.1. The molecule has 1 N–H and O–H groups in total. The van der Waals surface area contributed by atoms with Crippen LogP contribution >= 0.6 is 0 Å². The fraction of sp³-hybridized carbons (Fsp3) is 0.0769. The van der Waals surface area contributed by atoms with Crippen molar-refractivity contribution in [3.05, 3.63) is 119 Å². The van der Waals surface area contributed by atoms with Gasteiger partial charge in [0.2, 0.25) is 0 Å². The van der Waals surface area contributed by atoms with Gasteiger partial charge in [-0.25, -0.2) is 0 Å². The monoisotopic (exact) mass is 410 g/mol. The third-order valence-electron chi connectivity index (χ3n) is 5.16. The van der Waals surface area contributed by atoms with Gasteiger partial charge < -0.3 is 14.6 Å². The molecule has 4 rings (SSSR count). The minimum atomic E-state index is -0.256. The summed E-state index contributed by atoms with van der Waals surface area (Å²) in [5.74, 6) is 0.0871. The molecular formula is C26H22N2O3. The summed E-state index contributed by atoms with van der Waals surface area (Å²) in [6, 6.07) is 26.0. The highest BCUT2D eigenvalue weighted by atomic mass is 16.5. The number of methoxy groups -OCH3 is 1. The van der Waals surface area contributed by atoms with Crippen LogP contribution in [0, 0.1) is 0 Å². The SMILES string of the molecule is C=C(OC)c1c(CNC(=O)c2ccccc2)c(=O)c2ccccc2n1-c1ccccc1. The summed E-state index contributed by atoms with van der Waals surface area (Å²) in [5.41, 5.74) is 2.92. The van der Waals surface area contributed by atoms with Crippen molar-refractivity contribution in [2.75, 3.05) is 7.11 Å². The van der Waals surface area contributed by atoms with Crippen LogP contribution in [0.5, 0.6) is 0 Å². The molecule has 5 heteroatoms. The molecule has 1 amide bonds. The van der Waals surface area contributed by atoms with E-state index in [2.05, 4.69) is 11.9 Å². The molecule has 0 atom stereocenters. The number of benzene rings is 3. The van der Waals surface area contributed by atoms with Crippen LogP contribution in [0.2, 0.25) is 0 Å². The average molecular weight is 410 g/mol. The highest BCUT2D eigenvalue weighted by Gasteiger charge is 2.21. The molecule has 31 heavy (non-hydrogen) atoms. The van der Waals surface area contributed by atoms with Gasteiger partial charge in [-0.1, -0.05) is 55.1 Å². The van der Waals surface area contributed by atoms with Crippen LogP contribution in [0.3, 0.4) is 0 Å². The van der Waals surface area contributed by atoms with Gasteiger partial charge in [0, 0.05) is 28.7 Å². The predicted octanol–water partition coefficient (Wildman–Crippen LogP) is 4.54. The Morgan fingerprint density at radius 3 is 2.23 bits per heavy atom. The van der Waals surface area contributed by atoms with Crippen LogP contribution in [0.25, 0.3) is 22.3 Å². The number of nitrogens with one attached hydrogen (secondary N) is 1. The molecule has 0 aliphatic rings. The van der Waals surface area contributed by atoms with Gasteiger partial charge in [0.25, 0.3) is 5.91 Å². The van der Waals surface area contributed by atoms with Gasteiger partial charge in [-0.05, 0) is 36.4 Å². The van der Waals surface area contributed by atoms with Crippen LogP contribution < -0.4 is 10.7 Å². The Kier molecular flexibility index (Phi) is 5.67. The van der Waals surface area contributed by atoms with E-state index in [1.165, 1.54) is 7.11 Å². The standard InChI is InChI=1S/C26H22N2O3/c1-18(31-2)24-22(17-27-26(30)19-11-5-3-6-12-19)25(29)21-15-9-10-16-23(21)28(24)20-13-7-4-8-14-20/h3-16H,1,17H2,2H3,(H,27,30). The number of ether oxygens (including phenoxy) is 1. The van der Waals surface area contributed by atoms with Gasteiger partial charge in [0.15, 0.2) is 5.43 Å². The van der Waals surface area contributed by atoms with E-state index in [-0.39, 0.29) is 17.9 Å². The van der Waals surface area contributed by atoms with Crippen molar-refractivity contribution in [2.45, 2.75) is 6.54 Å². The largest absolute Gasteiger partial charge is 0.495 e. The number of para-hydroxylation sites is 2. The summed E-state index contributed by atoms with van der Waals surface area (Å²) in [7, 11) is 1.52. The van der Waals surface area contributed by atoms with Gasteiger partial charge in [-0.15, -0.1) is 0 Å². The van der Waals surface area contributed by atoms with E-state index in [1.54, 1.807) is 30.3 Å². The van der Waals surface area contributed by atoms with Crippen LogP contribution in [-0.4, -0.2) is 17.6 Å². The molecule has 5 nitrogen and oxygen atoms in total. The molecule has 0 aliphatic carbocycles. The van der Waals surface area contributed by atoms with Crippen molar-refractivity contribution in [3.63, 3.8) is 0 Å². The second-order valence-electron chi connectivity index (χ2n) is 7.02. The number of hydrogen-bond acceptors (Lipinski definition) is 3. The Bertz CT molecular complexity index is 1310. The molecular weight excluding hydrogens is 388 g/mol. The van der Waals surface area contributed by atoms with E-state index in [0.717, 1.165) is 11.2 Å². The summed E-state index contributed by atoms with van der Waals surface area (Å²) in [6.45, 7) is 4.07. The van der Waals surface area contributed by atoms with Crippen LogP contribution in [0.15, 0.2) is 96.3 Å². The number of rotatable bonds is 6. The highest BCUT2D eigenvalue weighted by Crippen LogP contribution is 2.26. The molecule has 0 saturated carbocycles. The first-order valence-electron chi connectivity index (χ1n) is 9.90. The van der Waals surface area contributed by atoms with Crippen molar-refractivity contribution in [2.24, 2.45) is 0 Å². The van der Waals surface area contributed by atoms with Crippen LogP contribution in [-0.2, 0) is 11.3 Å².